The molecule has 0 aromatic carbocycles. The van der Waals surface area contributed by atoms with Gasteiger partial charge in [-0.25, -0.2) is 22.7 Å². The quantitative estimate of drug-likeness (QED) is 0.482. The molecule has 3 atom stereocenters. The van der Waals surface area contributed by atoms with Crippen molar-refractivity contribution < 1.29 is 17.9 Å². The van der Waals surface area contributed by atoms with Gasteiger partial charge < -0.3 is 19.9 Å². The number of anilines is 1. The van der Waals surface area contributed by atoms with Crippen molar-refractivity contribution in [2.24, 2.45) is 5.92 Å². The van der Waals surface area contributed by atoms with Crippen molar-refractivity contribution in [3.8, 4) is 0 Å². The number of carbonyl (C=O) groups is 1. The molecule has 0 radical (unpaired) electrons. The summed E-state index contributed by atoms with van der Waals surface area (Å²) in [5.74, 6) is 1.11. The molecule has 1 aromatic heterocycles. The van der Waals surface area contributed by atoms with E-state index in [0.717, 1.165) is 70.0 Å². The summed E-state index contributed by atoms with van der Waals surface area (Å²) in [4.78, 5) is 26.8. The third kappa shape index (κ3) is 7.41. The summed E-state index contributed by atoms with van der Waals surface area (Å²) in [6.07, 6.45) is 17.6. The maximum absolute atomic E-state index is 13.5. The number of sulfonamides is 1. The molecule has 1 aromatic rings. The standard InChI is InChI=1S/C31H48N6O4S/c1-22-7-5-8-24(19-22)28-10-6-9-27(41-28)20-32-30-23(2)29(33-21-34-30)31(38)37-17-13-26(14-18-37)36-15-11-25(12-16-36)35(3)42(4,39)40/h5,7-8,21,24-28H,6,9-20H2,1-4H3,(H,32,33,34)/t24?,27-,28+/m0/s1. The lowest BCUT2D eigenvalue weighted by Gasteiger charge is -2.43. The number of ether oxygens (including phenoxy) is 1. The van der Waals surface area contributed by atoms with Crippen molar-refractivity contribution in [3.63, 3.8) is 0 Å². The molecule has 10 nitrogen and oxygen atoms in total. The fraction of sp³-hybridized carbons (Fsp3) is 0.710. The Kier molecular flexibility index (Phi) is 10.0. The van der Waals surface area contributed by atoms with Crippen molar-refractivity contribution >= 4 is 21.7 Å². The minimum atomic E-state index is -3.17. The fourth-order valence-corrected chi connectivity index (χ4v) is 7.80. The maximum atomic E-state index is 13.5. The second-order valence-electron chi connectivity index (χ2n) is 12.6. The normalized spacial score (nSPS) is 26.8. The molecule has 42 heavy (non-hydrogen) atoms. The van der Waals surface area contributed by atoms with Crippen LogP contribution in [-0.4, -0.2) is 109 Å². The van der Waals surface area contributed by atoms with Crippen molar-refractivity contribution in [1.29, 1.82) is 0 Å². The Hall–Kier alpha value is -2.34. The van der Waals surface area contributed by atoms with Crippen LogP contribution in [0.2, 0.25) is 0 Å². The van der Waals surface area contributed by atoms with Crippen LogP contribution in [-0.2, 0) is 14.8 Å². The van der Waals surface area contributed by atoms with Gasteiger partial charge in [-0.15, -0.1) is 0 Å². The Balaban J connectivity index is 1.10. The number of likely N-dealkylation sites (tertiary alicyclic amines) is 2. The molecule has 5 rings (SSSR count). The smallest absolute Gasteiger partial charge is 0.272 e. The highest BCUT2D eigenvalue weighted by Gasteiger charge is 2.34. The SMILES string of the molecule is CC1=CC=CC([C@H]2CCC[C@@H](CNc3ncnc(C(=O)N4CCC(N5CCC(N(C)S(C)(=O)=O)CC5)CC4)c3C)O2)C1. The van der Waals surface area contributed by atoms with Crippen LogP contribution >= 0.6 is 0 Å². The molecule has 3 fully saturated rings. The van der Waals surface area contributed by atoms with E-state index in [2.05, 4.69) is 45.3 Å². The number of hydrogen-bond acceptors (Lipinski definition) is 8. The third-order valence-electron chi connectivity index (χ3n) is 9.74. The van der Waals surface area contributed by atoms with E-state index in [4.69, 9.17) is 4.74 Å². The number of amides is 1. The highest BCUT2D eigenvalue weighted by atomic mass is 32.2. The summed E-state index contributed by atoms with van der Waals surface area (Å²) in [5.41, 5.74) is 2.65. The molecule has 3 aliphatic heterocycles. The Morgan fingerprint density at radius 3 is 2.50 bits per heavy atom. The van der Waals surface area contributed by atoms with Gasteiger partial charge in [-0.2, -0.15) is 0 Å². The first-order valence-corrected chi connectivity index (χ1v) is 17.5. The number of rotatable bonds is 8. The van der Waals surface area contributed by atoms with E-state index < -0.39 is 10.0 Å². The zero-order valence-corrected chi connectivity index (χ0v) is 26.5. The van der Waals surface area contributed by atoms with Crippen molar-refractivity contribution in [1.82, 2.24) is 24.1 Å². The topological polar surface area (TPSA) is 108 Å². The molecule has 3 saturated heterocycles. The molecule has 4 aliphatic rings. The van der Waals surface area contributed by atoms with Gasteiger partial charge in [0.25, 0.3) is 5.91 Å². The van der Waals surface area contributed by atoms with E-state index in [0.29, 0.717) is 43.1 Å². The van der Waals surface area contributed by atoms with Crippen molar-refractivity contribution in [2.75, 3.05) is 51.3 Å². The lowest BCUT2D eigenvalue weighted by Crippen LogP contribution is -2.52. The number of nitrogens with one attached hydrogen (secondary N) is 1. The minimum absolute atomic E-state index is 0.0358. The molecule has 1 amide bonds. The second-order valence-corrected chi connectivity index (χ2v) is 14.7. The molecule has 11 heteroatoms. The van der Waals surface area contributed by atoms with E-state index >= 15 is 0 Å². The number of nitrogens with zero attached hydrogens (tertiary/aromatic N) is 5. The summed E-state index contributed by atoms with van der Waals surface area (Å²) in [5, 5.41) is 3.46. The van der Waals surface area contributed by atoms with Gasteiger partial charge in [0.1, 0.15) is 17.8 Å². The average molecular weight is 601 g/mol. The lowest BCUT2D eigenvalue weighted by molar-refractivity contribution is -0.0619. The minimum Gasteiger partial charge on any atom is -0.373 e. The summed E-state index contributed by atoms with van der Waals surface area (Å²) >= 11 is 0. The van der Waals surface area contributed by atoms with Crippen molar-refractivity contribution in [2.45, 2.75) is 89.5 Å². The van der Waals surface area contributed by atoms with E-state index in [1.165, 1.54) is 22.5 Å². The third-order valence-corrected chi connectivity index (χ3v) is 11.1. The van der Waals surface area contributed by atoms with Gasteiger partial charge >= 0.3 is 0 Å². The average Bonchev–Trinajstić information content (AvgIpc) is 3.00. The lowest BCUT2D eigenvalue weighted by atomic mass is 9.86. The summed E-state index contributed by atoms with van der Waals surface area (Å²) in [6, 6.07) is 0.494. The number of aromatic nitrogens is 2. The predicted octanol–water partition coefficient (Wildman–Crippen LogP) is 3.62. The van der Waals surface area contributed by atoms with Gasteiger partial charge in [-0.3, -0.25) is 4.79 Å². The highest BCUT2D eigenvalue weighted by Crippen LogP contribution is 2.31. The Morgan fingerprint density at radius 1 is 1.07 bits per heavy atom. The first-order valence-electron chi connectivity index (χ1n) is 15.6. The van der Waals surface area contributed by atoms with Crippen LogP contribution in [0.3, 0.4) is 0 Å². The molecule has 0 saturated carbocycles. The largest absolute Gasteiger partial charge is 0.373 e. The Labute approximate surface area is 251 Å². The zero-order valence-electron chi connectivity index (χ0n) is 25.7. The van der Waals surface area contributed by atoms with Gasteiger partial charge in [0.2, 0.25) is 10.0 Å². The maximum Gasteiger partial charge on any atom is 0.272 e. The summed E-state index contributed by atoms with van der Waals surface area (Å²) in [6.45, 7) is 7.94. The van der Waals surface area contributed by atoms with Gasteiger partial charge in [0, 0.05) is 50.2 Å². The monoisotopic (exact) mass is 600 g/mol. The van der Waals surface area contributed by atoms with Crippen LogP contribution in [0.5, 0.6) is 0 Å². The van der Waals surface area contributed by atoms with E-state index in [9.17, 15) is 13.2 Å². The highest BCUT2D eigenvalue weighted by molar-refractivity contribution is 7.88. The molecule has 1 unspecified atom stereocenters. The van der Waals surface area contributed by atoms with Crippen LogP contribution in [0.15, 0.2) is 30.1 Å². The fourth-order valence-electron chi connectivity index (χ4n) is 7.04. The van der Waals surface area contributed by atoms with Gasteiger partial charge in [-0.1, -0.05) is 23.8 Å². The van der Waals surface area contributed by atoms with Crippen LogP contribution in [0, 0.1) is 12.8 Å². The molecular formula is C31H48N6O4S. The van der Waals surface area contributed by atoms with Crippen LogP contribution in [0.1, 0.15) is 74.3 Å². The van der Waals surface area contributed by atoms with Crippen molar-refractivity contribution in [3.05, 3.63) is 41.4 Å². The van der Waals surface area contributed by atoms with E-state index in [1.54, 1.807) is 7.05 Å². The van der Waals surface area contributed by atoms with E-state index in [-0.39, 0.29) is 24.2 Å². The number of allylic oxidation sites excluding steroid dienone is 3. The van der Waals surface area contributed by atoms with Crippen LogP contribution in [0.4, 0.5) is 5.82 Å². The second kappa shape index (κ2) is 13.5. The molecule has 0 bridgehead atoms. The molecule has 1 aliphatic carbocycles. The summed E-state index contributed by atoms with van der Waals surface area (Å²) in [7, 11) is -1.48. The summed E-state index contributed by atoms with van der Waals surface area (Å²) < 4.78 is 31.9. The first-order chi connectivity index (χ1) is 20.1. The van der Waals surface area contributed by atoms with Gasteiger partial charge in [0.15, 0.2) is 0 Å². The number of carbonyl (C=O) groups excluding carboxylic acids is 1. The number of piperidine rings is 2. The predicted molar refractivity (Wildman–Crippen MR) is 165 cm³/mol. The van der Waals surface area contributed by atoms with Gasteiger partial charge in [-0.05, 0) is 78.3 Å². The molecule has 0 spiro atoms. The molecular weight excluding hydrogens is 552 g/mol. The van der Waals surface area contributed by atoms with Crippen LogP contribution < -0.4 is 5.32 Å². The molecule has 232 valence electrons. The zero-order chi connectivity index (χ0) is 29.9. The van der Waals surface area contributed by atoms with E-state index in [1.807, 2.05) is 11.8 Å². The number of hydrogen-bond donors (Lipinski definition) is 1. The van der Waals surface area contributed by atoms with Crippen LogP contribution in [0.25, 0.3) is 0 Å². The Bertz CT molecular complexity index is 1270. The molecule has 4 heterocycles. The first kappa shape index (κ1) is 31.1. The Morgan fingerprint density at radius 2 is 1.81 bits per heavy atom. The molecule has 1 N–H and O–H groups in total. The van der Waals surface area contributed by atoms with Gasteiger partial charge in [0.05, 0.1) is 18.5 Å².